The Labute approximate surface area is 123 Å². The van der Waals surface area contributed by atoms with Gasteiger partial charge in [0.2, 0.25) is 0 Å². The number of ether oxygens (including phenoxy) is 1. The van der Waals surface area contributed by atoms with Crippen LogP contribution in [0.2, 0.25) is 0 Å². The molecule has 1 fully saturated rings. The monoisotopic (exact) mass is 292 g/mol. The van der Waals surface area contributed by atoms with Crippen LogP contribution in [0.15, 0.2) is 9.59 Å². The van der Waals surface area contributed by atoms with Crippen LogP contribution >= 0.6 is 0 Å². The summed E-state index contributed by atoms with van der Waals surface area (Å²) in [6.45, 7) is 5.74. The quantitative estimate of drug-likeness (QED) is 0.755. The van der Waals surface area contributed by atoms with E-state index in [1.165, 1.54) is 11.6 Å². The second-order valence-corrected chi connectivity index (χ2v) is 5.62. The third-order valence-corrected chi connectivity index (χ3v) is 3.88. The molecule has 114 valence electrons. The van der Waals surface area contributed by atoms with Crippen LogP contribution in [0.4, 0.5) is 5.82 Å². The van der Waals surface area contributed by atoms with Crippen LogP contribution in [0.3, 0.4) is 0 Å². The van der Waals surface area contributed by atoms with Crippen molar-refractivity contribution in [2.45, 2.75) is 20.0 Å². The second kappa shape index (κ2) is 5.74. The van der Waals surface area contributed by atoms with Gasteiger partial charge < -0.3 is 9.64 Å². The van der Waals surface area contributed by atoms with Crippen molar-refractivity contribution in [3.05, 3.63) is 26.4 Å². The number of morpholine rings is 1. The SMILES string of the molecule is CC(C)[C@@H]1CN(c2c(C#N)c(=O)n(C)c(=O)n2C)CCO1. The molecule has 0 N–H and O–H groups in total. The van der Waals surface area contributed by atoms with Crippen LogP contribution in [-0.2, 0) is 18.8 Å². The summed E-state index contributed by atoms with van der Waals surface area (Å²) < 4.78 is 8.02. The molecule has 1 aromatic rings. The van der Waals surface area contributed by atoms with Crippen LogP contribution in [0.25, 0.3) is 0 Å². The van der Waals surface area contributed by atoms with Crippen LogP contribution in [-0.4, -0.2) is 34.9 Å². The highest BCUT2D eigenvalue weighted by atomic mass is 16.5. The average molecular weight is 292 g/mol. The summed E-state index contributed by atoms with van der Waals surface area (Å²) in [7, 11) is 2.96. The van der Waals surface area contributed by atoms with Crippen molar-refractivity contribution in [2.75, 3.05) is 24.6 Å². The topological polar surface area (TPSA) is 80.3 Å². The molecule has 1 atom stereocenters. The van der Waals surface area contributed by atoms with Gasteiger partial charge in [0.1, 0.15) is 11.9 Å². The minimum atomic E-state index is -0.553. The standard InChI is InChI=1S/C14H20N4O3/c1-9(2)11-8-18(5-6-21-11)12-10(7-15)13(19)17(4)14(20)16(12)3/h9,11H,5-6,8H2,1-4H3/t11-/m0/s1. The van der Waals surface area contributed by atoms with E-state index in [-0.39, 0.29) is 11.7 Å². The Kier molecular flexibility index (Phi) is 4.19. The van der Waals surface area contributed by atoms with Crippen molar-refractivity contribution in [1.82, 2.24) is 9.13 Å². The van der Waals surface area contributed by atoms with Gasteiger partial charge in [-0.3, -0.25) is 13.9 Å². The molecule has 1 aliphatic rings. The van der Waals surface area contributed by atoms with Crippen molar-refractivity contribution in [3.8, 4) is 6.07 Å². The van der Waals surface area contributed by atoms with Crippen molar-refractivity contribution < 1.29 is 4.74 Å². The molecule has 7 nitrogen and oxygen atoms in total. The molecular formula is C14H20N4O3. The van der Waals surface area contributed by atoms with Crippen LogP contribution in [0, 0.1) is 17.2 Å². The summed E-state index contributed by atoms with van der Waals surface area (Å²) >= 11 is 0. The molecule has 0 radical (unpaired) electrons. The maximum absolute atomic E-state index is 12.1. The van der Waals surface area contributed by atoms with Gasteiger partial charge in [-0.2, -0.15) is 5.26 Å². The predicted octanol–water partition coefficient (Wildman–Crippen LogP) is -0.183. The smallest absolute Gasteiger partial charge is 0.332 e. The Morgan fingerprint density at radius 3 is 2.52 bits per heavy atom. The lowest BCUT2D eigenvalue weighted by molar-refractivity contribution is 0.0109. The number of hydrogen-bond donors (Lipinski definition) is 0. The van der Waals surface area contributed by atoms with Gasteiger partial charge in [-0.25, -0.2) is 4.79 Å². The van der Waals surface area contributed by atoms with Gasteiger partial charge in [0.05, 0.1) is 12.7 Å². The van der Waals surface area contributed by atoms with Crippen molar-refractivity contribution in [2.24, 2.45) is 20.0 Å². The Hall–Kier alpha value is -2.07. The number of nitrogens with zero attached hydrogens (tertiary/aromatic N) is 4. The van der Waals surface area contributed by atoms with Crippen LogP contribution in [0.5, 0.6) is 0 Å². The van der Waals surface area contributed by atoms with Gasteiger partial charge in [0.15, 0.2) is 5.56 Å². The minimum Gasteiger partial charge on any atom is -0.374 e. The normalized spacial score (nSPS) is 18.9. The number of rotatable bonds is 2. The Balaban J connectivity index is 2.56. The predicted molar refractivity (Wildman–Crippen MR) is 78.4 cm³/mol. The van der Waals surface area contributed by atoms with Gasteiger partial charge >= 0.3 is 5.69 Å². The maximum atomic E-state index is 12.1. The molecule has 2 heterocycles. The molecule has 0 unspecified atom stereocenters. The van der Waals surface area contributed by atoms with E-state index >= 15 is 0 Å². The fourth-order valence-electron chi connectivity index (χ4n) is 2.57. The Morgan fingerprint density at radius 2 is 1.95 bits per heavy atom. The number of aromatic nitrogens is 2. The summed E-state index contributed by atoms with van der Waals surface area (Å²) in [6.07, 6.45) is 0.0180. The first-order valence-corrected chi connectivity index (χ1v) is 6.95. The minimum absolute atomic E-state index is 0.00371. The van der Waals surface area contributed by atoms with Gasteiger partial charge in [0.25, 0.3) is 5.56 Å². The van der Waals surface area contributed by atoms with E-state index in [0.717, 1.165) is 4.57 Å². The van der Waals surface area contributed by atoms with Crippen LogP contribution in [0.1, 0.15) is 19.4 Å². The molecule has 0 bridgehead atoms. The van der Waals surface area contributed by atoms with Gasteiger partial charge in [-0.05, 0) is 5.92 Å². The molecule has 0 aliphatic carbocycles. The van der Waals surface area contributed by atoms with Gasteiger partial charge in [0, 0.05) is 27.2 Å². The summed E-state index contributed by atoms with van der Waals surface area (Å²) in [6, 6.07) is 1.94. The van der Waals surface area contributed by atoms with Gasteiger partial charge in [-0.15, -0.1) is 0 Å². The van der Waals surface area contributed by atoms with E-state index in [9.17, 15) is 14.9 Å². The molecular weight excluding hydrogens is 272 g/mol. The second-order valence-electron chi connectivity index (χ2n) is 5.62. The largest absolute Gasteiger partial charge is 0.374 e. The van der Waals surface area contributed by atoms with E-state index in [4.69, 9.17) is 4.74 Å². The van der Waals surface area contributed by atoms with Crippen molar-refractivity contribution in [3.63, 3.8) is 0 Å². The molecule has 2 rings (SSSR count). The molecule has 1 aliphatic heterocycles. The summed E-state index contributed by atoms with van der Waals surface area (Å²) in [5, 5.41) is 9.31. The zero-order valence-corrected chi connectivity index (χ0v) is 12.8. The Morgan fingerprint density at radius 1 is 1.29 bits per heavy atom. The molecule has 0 spiro atoms. The molecule has 0 amide bonds. The highest BCUT2D eigenvalue weighted by Gasteiger charge is 2.28. The van der Waals surface area contributed by atoms with Crippen molar-refractivity contribution in [1.29, 1.82) is 5.26 Å². The van der Waals surface area contributed by atoms with E-state index in [0.29, 0.717) is 31.4 Å². The zero-order valence-electron chi connectivity index (χ0n) is 12.8. The lowest BCUT2D eigenvalue weighted by atomic mass is 10.1. The number of hydrogen-bond acceptors (Lipinski definition) is 5. The first-order valence-electron chi connectivity index (χ1n) is 6.95. The third kappa shape index (κ3) is 2.59. The van der Waals surface area contributed by atoms with Gasteiger partial charge in [-0.1, -0.05) is 13.8 Å². The number of anilines is 1. The highest BCUT2D eigenvalue weighted by molar-refractivity contribution is 5.53. The van der Waals surface area contributed by atoms with Crippen LogP contribution < -0.4 is 16.1 Å². The first kappa shape index (κ1) is 15.3. The van der Waals surface area contributed by atoms with E-state index in [1.807, 2.05) is 11.0 Å². The van der Waals surface area contributed by atoms with E-state index in [1.54, 1.807) is 7.05 Å². The first-order chi connectivity index (χ1) is 9.88. The third-order valence-electron chi connectivity index (χ3n) is 3.88. The van der Waals surface area contributed by atoms with E-state index < -0.39 is 11.2 Å². The van der Waals surface area contributed by atoms with E-state index in [2.05, 4.69) is 13.8 Å². The summed E-state index contributed by atoms with van der Waals surface area (Å²) in [5.41, 5.74) is -0.978. The molecule has 21 heavy (non-hydrogen) atoms. The van der Waals surface area contributed by atoms with Crippen molar-refractivity contribution >= 4 is 5.82 Å². The molecule has 7 heteroatoms. The lowest BCUT2D eigenvalue weighted by Crippen LogP contribution is -2.49. The molecule has 0 saturated carbocycles. The highest BCUT2D eigenvalue weighted by Crippen LogP contribution is 2.21. The average Bonchev–Trinajstić information content (AvgIpc) is 2.48. The fraction of sp³-hybridized carbons (Fsp3) is 0.643. The molecule has 0 aromatic carbocycles. The summed E-state index contributed by atoms with van der Waals surface area (Å²) in [5.74, 6) is 0.710. The lowest BCUT2D eigenvalue weighted by Gasteiger charge is -2.37. The maximum Gasteiger partial charge on any atom is 0.332 e. The fourth-order valence-corrected chi connectivity index (χ4v) is 2.57. The Bertz CT molecular complexity index is 696. The molecule has 1 saturated heterocycles. The number of nitriles is 1. The zero-order chi connectivity index (χ0) is 15.7. The molecule has 1 aromatic heterocycles. The summed E-state index contributed by atoms with van der Waals surface area (Å²) in [4.78, 5) is 26.1.